The van der Waals surface area contributed by atoms with Crippen molar-refractivity contribution < 1.29 is 19.2 Å². The molecule has 2 rings (SSSR count). The lowest BCUT2D eigenvalue weighted by Crippen LogP contribution is -2.30. The molecule has 0 aliphatic carbocycles. The van der Waals surface area contributed by atoms with Crippen LogP contribution in [-0.2, 0) is 4.79 Å². The molecule has 0 saturated carbocycles. The summed E-state index contributed by atoms with van der Waals surface area (Å²) >= 11 is 5.79. The average molecular weight is 351 g/mol. The summed E-state index contributed by atoms with van der Waals surface area (Å²) < 4.78 is 10.6. The number of carbonyl (C=O) groups is 1. The van der Waals surface area contributed by atoms with Crippen molar-refractivity contribution in [3.8, 4) is 11.5 Å². The predicted octanol–water partition coefficient (Wildman–Crippen LogP) is 3.66. The van der Waals surface area contributed by atoms with Crippen LogP contribution in [0.3, 0.4) is 0 Å². The molecule has 126 valence electrons. The number of amides is 1. The maximum Gasteiger partial charge on any atom is 0.273 e. The van der Waals surface area contributed by atoms with E-state index in [4.69, 9.17) is 21.1 Å². The molecule has 0 radical (unpaired) electrons. The molecule has 7 nitrogen and oxygen atoms in total. The van der Waals surface area contributed by atoms with Gasteiger partial charge in [0.1, 0.15) is 0 Å². The summed E-state index contributed by atoms with van der Waals surface area (Å²) in [5.41, 5.74) is 0.405. The Hall–Kier alpha value is -2.80. The van der Waals surface area contributed by atoms with E-state index in [-0.39, 0.29) is 11.4 Å². The molecule has 1 atom stereocenters. The number of carbonyl (C=O) groups excluding carboxylic acids is 1. The van der Waals surface area contributed by atoms with Gasteiger partial charge in [-0.25, -0.2) is 0 Å². The van der Waals surface area contributed by atoms with Gasteiger partial charge in [0.25, 0.3) is 11.6 Å². The summed E-state index contributed by atoms with van der Waals surface area (Å²) in [4.78, 5) is 22.5. The van der Waals surface area contributed by atoms with E-state index in [2.05, 4.69) is 5.32 Å². The molecule has 8 heteroatoms. The van der Waals surface area contributed by atoms with Gasteiger partial charge in [0.2, 0.25) is 0 Å². The molecular weight excluding hydrogens is 336 g/mol. The number of hydrogen-bond acceptors (Lipinski definition) is 5. The van der Waals surface area contributed by atoms with Crippen LogP contribution in [0.5, 0.6) is 11.5 Å². The monoisotopic (exact) mass is 350 g/mol. The first-order valence-corrected chi connectivity index (χ1v) is 7.34. The number of methoxy groups -OCH3 is 1. The van der Waals surface area contributed by atoms with Crippen LogP contribution in [0.4, 0.5) is 11.4 Å². The molecule has 0 heterocycles. The number of halogens is 1. The van der Waals surface area contributed by atoms with E-state index in [1.807, 2.05) is 0 Å². The summed E-state index contributed by atoms with van der Waals surface area (Å²) in [6.07, 6.45) is -0.892. The zero-order chi connectivity index (χ0) is 17.7. The van der Waals surface area contributed by atoms with Crippen molar-refractivity contribution in [2.75, 3.05) is 12.4 Å². The maximum atomic E-state index is 12.2. The second-order valence-electron chi connectivity index (χ2n) is 4.85. The molecule has 0 aliphatic rings. The topological polar surface area (TPSA) is 90.7 Å². The Morgan fingerprint density at radius 1 is 1.21 bits per heavy atom. The number of rotatable bonds is 6. The molecule has 0 saturated heterocycles. The van der Waals surface area contributed by atoms with Crippen LogP contribution < -0.4 is 14.8 Å². The summed E-state index contributed by atoms with van der Waals surface area (Å²) in [5, 5.41) is 14.1. The van der Waals surface area contributed by atoms with E-state index in [0.29, 0.717) is 16.5 Å². The molecule has 0 spiro atoms. The van der Waals surface area contributed by atoms with Gasteiger partial charge < -0.3 is 14.8 Å². The molecule has 0 aliphatic heterocycles. The average Bonchev–Trinajstić information content (AvgIpc) is 2.56. The quantitative estimate of drug-likeness (QED) is 0.634. The number of nitro benzene ring substituents is 1. The third-order valence-electron chi connectivity index (χ3n) is 3.14. The van der Waals surface area contributed by atoms with Gasteiger partial charge in [-0.05, 0) is 37.3 Å². The highest BCUT2D eigenvalue weighted by molar-refractivity contribution is 6.30. The highest BCUT2D eigenvalue weighted by Crippen LogP contribution is 2.32. The van der Waals surface area contributed by atoms with Gasteiger partial charge in [0.05, 0.1) is 18.1 Å². The van der Waals surface area contributed by atoms with Crippen molar-refractivity contribution in [2.45, 2.75) is 13.0 Å². The van der Waals surface area contributed by atoms with Gasteiger partial charge in [0, 0.05) is 16.8 Å². The lowest BCUT2D eigenvalue weighted by Gasteiger charge is -2.16. The van der Waals surface area contributed by atoms with Crippen LogP contribution in [-0.4, -0.2) is 24.0 Å². The maximum absolute atomic E-state index is 12.2. The summed E-state index contributed by atoms with van der Waals surface area (Å²) in [5.74, 6) is 0.00285. The summed E-state index contributed by atoms with van der Waals surface area (Å²) in [6, 6.07) is 10.5. The van der Waals surface area contributed by atoms with Gasteiger partial charge in [-0.2, -0.15) is 0 Å². The molecule has 0 aromatic heterocycles. The minimum Gasteiger partial charge on any atom is -0.493 e. The minimum absolute atomic E-state index is 0.116. The van der Waals surface area contributed by atoms with Crippen LogP contribution in [0.25, 0.3) is 0 Å². The van der Waals surface area contributed by atoms with E-state index in [9.17, 15) is 14.9 Å². The van der Waals surface area contributed by atoms with Crippen molar-refractivity contribution >= 4 is 28.9 Å². The zero-order valence-corrected chi connectivity index (χ0v) is 13.7. The highest BCUT2D eigenvalue weighted by atomic mass is 35.5. The summed E-state index contributed by atoms with van der Waals surface area (Å²) in [7, 11) is 1.41. The fourth-order valence-corrected chi connectivity index (χ4v) is 2.02. The Morgan fingerprint density at radius 2 is 1.88 bits per heavy atom. The molecular formula is C16H15ClN2O5. The number of nitrogens with one attached hydrogen (secondary N) is 1. The van der Waals surface area contributed by atoms with E-state index < -0.39 is 16.9 Å². The third-order valence-corrected chi connectivity index (χ3v) is 3.39. The molecule has 0 bridgehead atoms. The van der Waals surface area contributed by atoms with Crippen molar-refractivity contribution in [1.82, 2.24) is 0 Å². The van der Waals surface area contributed by atoms with Crippen molar-refractivity contribution in [1.29, 1.82) is 0 Å². The number of anilines is 1. The van der Waals surface area contributed by atoms with Crippen LogP contribution in [0.15, 0.2) is 42.5 Å². The number of ether oxygens (including phenoxy) is 2. The number of non-ortho nitro benzene ring substituents is 1. The van der Waals surface area contributed by atoms with Crippen LogP contribution >= 0.6 is 11.6 Å². The number of benzene rings is 2. The van der Waals surface area contributed by atoms with E-state index >= 15 is 0 Å². The van der Waals surface area contributed by atoms with Gasteiger partial charge in [-0.1, -0.05) is 11.6 Å². The Labute approximate surface area is 143 Å². The smallest absolute Gasteiger partial charge is 0.273 e. The van der Waals surface area contributed by atoms with E-state index in [1.165, 1.54) is 32.2 Å². The van der Waals surface area contributed by atoms with Gasteiger partial charge in [0.15, 0.2) is 17.6 Å². The molecule has 1 N–H and O–H groups in total. The largest absolute Gasteiger partial charge is 0.493 e. The van der Waals surface area contributed by atoms with Crippen molar-refractivity contribution in [3.05, 3.63) is 57.6 Å². The van der Waals surface area contributed by atoms with E-state index in [0.717, 1.165) is 0 Å². The first-order chi connectivity index (χ1) is 11.4. The second kappa shape index (κ2) is 7.65. The van der Waals surface area contributed by atoms with Crippen molar-refractivity contribution in [2.24, 2.45) is 0 Å². The number of hydrogen-bond donors (Lipinski definition) is 1. The molecule has 24 heavy (non-hydrogen) atoms. The number of nitro groups is 1. The van der Waals surface area contributed by atoms with Crippen LogP contribution in [0.1, 0.15) is 6.92 Å². The Morgan fingerprint density at radius 3 is 2.46 bits per heavy atom. The van der Waals surface area contributed by atoms with E-state index in [1.54, 1.807) is 24.3 Å². The van der Waals surface area contributed by atoms with Crippen LogP contribution in [0, 0.1) is 10.1 Å². The molecule has 2 aromatic carbocycles. The molecule has 0 fully saturated rings. The second-order valence-corrected chi connectivity index (χ2v) is 5.28. The first-order valence-electron chi connectivity index (χ1n) is 6.96. The fraction of sp³-hybridized carbons (Fsp3) is 0.188. The molecule has 0 unspecified atom stereocenters. The van der Waals surface area contributed by atoms with Crippen molar-refractivity contribution in [3.63, 3.8) is 0 Å². The molecule has 2 aromatic rings. The Bertz CT molecular complexity index is 749. The lowest BCUT2D eigenvalue weighted by molar-refractivity contribution is -0.385. The van der Waals surface area contributed by atoms with Gasteiger partial charge in [-0.15, -0.1) is 0 Å². The molecule has 1 amide bonds. The zero-order valence-electron chi connectivity index (χ0n) is 13.0. The minimum atomic E-state index is -0.892. The van der Waals surface area contributed by atoms with Gasteiger partial charge >= 0.3 is 0 Å². The fourth-order valence-electron chi connectivity index (χ4n) is 1.89. The SMILES string of the molecule is COc1ccc([N+](=O)[O-])cc1O[C@@H](C)C(=O)Nc1ccc(Cl)cc1. The highest BCUT2D eigenvalue weighted by Gasteiger charge is 2.19. The van der Waals surface area contributed by atoms with Gasteiger partial charge in [-0.3, -0.25) is 14.9 Å². The third kappa shape index (κ3) is 4.36. The Kier molecular flexibility index (Phi) is 5.59. The van der Waals surface area contributed by atoms with Crippen LogP contribution in [0.2, 0.25) is 5.02 Å². The summed E-state index contributed by atoms with van der Waals surface area (Å²) in [6.45, 7) is 1.53. The predicted molar refractivity (Wildman–Crippen MR) is 89.8 cm³/mol. The Balaban J connectivity index is 2.11. The number of nitrogens with zero attached hydrogens (tertiary/aromatic N) is 1. The first kappa shape index (κ1) is 17.6. The lowest BCUT2D eigenvalue weighted by atomic mass is 10.2. The normalized spacial score (nSPS) is 11.5. The standard InChI is InChI=1S/C16H15ClN2O5/c1-10(16(20)18-12-5-3-11(17)4-6-12)24-15-9-13(19(21)22)7-8-14(15)23-2/h3-10H,1-2H3,(H,18,20)/t10-/m0/s1.